The summed E-state index contributed by atoms with van der Waals surface area (Å²) < 4.78 is 38.6. The van der Waals surface area contributed by atoms with Crippen LogP contribution in [0.3, 0.4) is 0 Å². The first-order chi connectivity index (χ1) is 14.7. The van der Waals surface area contributed by atoms with E-state index >= 15 is 0 Å². The van der Waals surface area contributed by atoms with E-state index in [2.05, 4.69) is 10.6 Å². The molecule has 3 amide bonds. The van der Waals surface area contributed by atoms with Crippen LogP contribution in [0.4, 0.5) is 13.2 Å². The van der Waals surface area contributed by atoms with Gasteiger partial charge in [-0.3, -0.25) is 14.4 Å². The van der Waals surface area contributed by atoms with Crippen molar-refractivity contribution in [3.8, 4) is 0 Å². The third kappa shape index (κ3) is 5.77. The minimum absolute atomic E-state index is 0.109. The van der Waals surface area contributed by atoms with Gasteiger partial charge in [0.2, 0.25) is 17.7 Å². The summed E-state index contributed by atoms with van der Waals surface area (Å²) in [6, 6.07) is 4.12. The fraction of sp³-hybridized carbons (Fsp3) is 0.591. The normalized spacial score (nSPS) is 22.5. The van der Waals surface area contributed by atoms with Crippen LogP contribution in [0.5, 0.6) is 0 Å². The lowest BCUT2D eigenvalue weighted by Gasteiger charge is -2.38. The highest BCUT2D eigenvalue weighted by atomic mass is 19.4. The molecule has 0 spiro atoms. The Kier molecular flexibility index (Phi) is 7.23. The Morgan fingerprint density at radius 3 is 2.35 bits per heavy atom. The summed E-state index contributed by atoms with van der Waals surface area (Å²) in [5, 5.41) is 5.72. The van der Waals surface area contributed by atoms with E-state index < -0.39 is 23.7 Å². The van der Waals surface area contributed by atoms with E-state index in [0.717, 1.165) is 37.8 Å². The van der Waals surface area contributed by atoms with Gasteiger partial charge in [0.1, 0.15) is 0 Å². The molecule has 170 valence electrons. The van der Waals surface area contributed by atoms with Gasteiger partial charge in [-0.05, 0) is 37.0 Å². The van der Waals surface area contributed by atoms with Gasteiger partial charge in [0.15, 0.2) is 0 Å². The highest BCUT2D eigenvalue weighted by Crippen LogP contribution is 2.37. The second-order valence-electron chi connectivity index (χ2n) is 8.30. The fourth-order valence-electron chi connectivity index (χ4n) is 4.44. The number of carbonyl (C=O) groups is 3. The Labute approximate surface area is 179 Å². The molecule has 0 aromatic heterocycles. The summed E-state index contributed by atoms with van der Waals surface area (Å²) in [4.78, 5) is 38.5. The number of hydrogen-bond donors (Lipinski definition) is 2. The van der Waals surface area contributed by atoms with Gasteiger partial charge in [-0.25, -0.2) is 0 Å². The van der Waals surface area contributed by atoms with Gasteiger partial charge in [0.05, 0.1) is 17.5 Å². The molecule has 1 saturated carbocycles. The molecule has 1 heterocycles. The van der Waals surface area contributed by atoms with Crippen LogP contribution in [0, 0.1) is 5.92 Å². The van der Waals surface area contributed by atoms with Crippen LogP contribution in [0.25, 0.3) is 0 Å². The summed E-state index contributed by atoms with van der Waals surface area (Å²) in [6.45, 7) is 0.172. The Hall–Kier alpha value is -2.58. The van der Waals surface area contributed by atoms with Gasteiger partial charge in [-0.15, -0.1) is 0 Å². The van der Waals surface area contributed by atoms with Crippen molar-refractivity contribution in [2.45, 2.75) is 63.2 Å². The number of nitrogens with one attached hydrogen (secondary N) is 2. The number of nitrogens with zero attached hydrogens (tertiary/aromatic N) is 1. The van der Waals surface area contributed by atoms with Gasteiger partial charge in [-0.2, -0.15) is 13.2 Å². The van der Waals surface area contributed by atoms with Crippen molar-refractivity contribution in [1.29, 1.82) is 0 Å². The van der Waals surface area contributed by atoms with Crippen LogP contribution in [-0.4, -0.2) is 42.3 Å². The summed E-state index contributed by atoms with van der Waals surface area (Å²) in [6.07, 6.45) is 0.382. The van der Waals surface area contributed by atoms with Crippen molar-refractivity contribution in [3.05, 3.63) is 35.4 Å². The highest BCUT2D eigenvalue weighted by molar-refractivity contribution is 5.85. The first-order valence-corrected chi connectivity index (χ1v) is 10.7. The summed E-state index contributed by atoms with van der Waals surface area (Å²) >= 11 is 0. The molecular weight excluding hydrogens is 411 g/mol. The molecule has 1 aliphatic carbocycles. The van der Waals surface area contributed by atoms with Crippen LogP contribution in [-0.2, 0) is 20.6 Å². The van der Waals surface area contributed by atoms with Crippen LogP contribution in [0.1, 0.15) is 62.1 Å². The van der Waals surface area contributed by atoms with Gasteiger partial charge in [0, 0.05) is 32.5 Å². The molecule has 1 aliphatic heterocycles. The summed E-state index contributed by atoms with van der Waals surface area (Å²) in [5.74, 6) is -1.18. The number of halogens is 3. The molecule has 0 bridgehead atoms. The zero-order valence-corrected chi connectivity index (χ0v) is 17.5. The van der Waals surface area contributed by atoms with E-state index in [0.29, 0.717) is 12.0 Å². The van der Waals surface area contributed by atoms with E-state index in [9.17, 15) is 27.6 Å². The minimum Gasteiger partial charge on any atom is -0.355 e. The summed E-state index contributed by atoms with van der Waals surface area (Å²) in [5.41, 5.74) is -0.307. The lowest BCUT2D eigenvalue weighted by Crippen LogP contribution is -2.47. The Bertz CT molecular complexity index is 804. The number of amides is 3. The van der Waals surface area contributed by atoms with Crippen LogP contribution in [0.2, 0.25) is 0 Å². The number of alkyl halides is 3. The molecule has 1 saturated heterocycles. The van der Waals surface area contributed by atoms with E-state index in [1.54, 1.807) is 7.05 Å². The van der Waals surface area contributed by atoms with Gasteiger partial charge >= 0.3 is 6.18 Å². The molecule has 9 heteroatoms. The molecule has 1 aromatic rings. The number of likely N-dealkylation sites (tertiary alicyclic amines) is 1. The van der Waals surface area contributed by atoms with Crippen molar-refractivity contribution in [1.82, 2.24) is 15.5 Å². The second kappa shape index (κ2) is 9.70. The first-order valence-electron chi connectivity index (χ1n) is 10.7. The van der Waals surface area contributed by atoms with E-state index in [4.69, 9.17) is 0 Å². The highest BCUT2D eigenvalue weighted by Gasteiger charge is 2.39. The largest absolute Gasteiger partial charge is 0.416 e. The van der Waals surface area contributed by atoms with Crippen molar-refractivity contribution in [3.63, 3.8) is 0 Å². The van der Waals surface area contributed by atoms with Gasteiger partial charge in [0.25, 0.3) is 0 Å². The number of piperidine rings is 1. The average Bonchev–Trinajstić information content (AvgIpc) is 3.22. The molecular formula is C22H28F3N3O3. The van der Waals surface area contributed by atoms with Gasteiger partial charge in [-0.1, -0.05) is 25.0 Å². The van der Waals surface area contributed by atoms with Crippen molar-refractivity contribution in [2.24, 2.45) is 5.92 Å². The zero-order chi connectivity index (χ0) is 22.6. The molecule has 1 aromatic carbocycles. The van der Waals surface area contributed by atoms with E-state index in [1.807, 2.05) is 0 Å². The van der Waals surface area contributed by atoms with Crippen LogP contribution in [0.15, 0.2) is 24.3 Å². The molecule has 31 heavy (non-hydrogen) atoms. The van der Waals surface area contributed by atoms with Crippen molar-refractivity contribution < 1.29 is 27.6 Å². The molecule has 2 atom stereocenters. The quantitative estimate of drug-likeness (QED) is 0.715. The smallest absolute Gasteiger partial charge is 0.355 e. The maximum Gasteiger partial charge on any atom is 0.416 e. The second-order valence-corrected chi connectivity index (χ2v) is 8.30. The number of hydrogen-bond acceptors (Lipinski definition) is 3. The first kappa shape index (κ1) is 23.1. The molecule has 0 radical (unpaired) electrons. The molecule has 2 unspecified atom stereocenters. The Balaban J connectivity index is 1.62. The number of carbonyl (C=O) groups excluding carboxylic acids is 3. The van der Waals surface area contributed by atoms with Crippen LogP contribution >= 0.6 is 0 Å². The molecule has 6 nitrogen and oxygen atoms in total. The fourth-order valence-corrected chi connectivity index (χ4v) is 4.44. The van der Waals surface area contributed by atoms with E-state index in [-0.39, 0.29) is 43.1 Å². The predicted molar refractivity (Wildman–Crippen MR) is 108 cm³/mol. The minimum atomic E-state index is -4.46. The van der Waals surface area contributed by atoms with Crippen LogP contribution < -0.4 is 10.6 Å². The monoisotopic (exact) mass is 439 g/mol. The van der Waals surface area contributed by atoms with Crippen molar-refractivity contribution in [2.75, 3.05) is 13.6 Å². The average molecular weight is 439 g/mol. The third-order valence-corrected chi connectivity index (χ3v) is 6.15. The lowest BCUT2D eigenvalue weighted by atomic mass is 9.83. The SMILES string of the molecule is CN1C(=O)CCC(C(=O)NCCC(=O)NC2CCCC2)C1c1ccc(C(F)(F)F)cc1. The van der Waals surface area contributed by atoms with Crippen molar-refractivity contribution >= 4 is 17.7 Å². The Morgan fingerprint density at radius 2 is 1.74 bits per heavy atom. The molecule has 2 fully saturated rings. The number of rotatable bonds is 6. The van der Waals surface area contributed by atoms with Gasteiger partial charge < -0.3 is 15.5 Å². The zero-order valence-electron chi connectivity index (χ0n) is 17.5. The maximum atomic E-state index is 12.9. The maximum absolute atomic E-state index is 12.9. The Morgan fingerprint density at radius 1 is 1.10 bits per heavy atom. The topological polar surface area (TPSA) is 78.5 Å². The standard InChI is InChI=1S/C22H28F3N3O3/c1-28-19(30)11-10-17(20(28)14-6-8-15(9-7-14)22(23,24)25)21(31)26-13-12-18(29)27-16-4-2-3-5-16/h6-9,16-17,20H,2-5,10-13H2,1H3,(H,26,31)(H,27,29). The molecule has 2 aliphatic rings. The number of benzene rings is 1. The third-order valence-electron chi connectivity index (χ3n) is 6.15. The lowest BCUT2D eigenvalue weighted by molar-refractivity contribution is -0.142. The summed E-state index contributed by atoms with van der Waals surface area (Å²) in [7, 11) is 1.55. The van der Waals surface area contributed by atoms with E-state index in [1.165, 1.54) is 17.0 Å². The molecule has 3 rings (SSSR count). The molecule has 2 N–H and O–H groups in total. The predicted octanol–water partition coefficient (Wildman–Crippen LogP) is 3.18.